The van der Waals surface area contributed by atoms with Crippen molar-refractivity contribution >= 4 is 11.7 Å². The second-order valence-corrected chi connectivity index (χ2v) is 6.44. The smallest absolute Gasteiger partial charge is 0.251 e. The standard InChI is InChI=1S/C18H24N4O3/c1-14(25-13-16-3-2-10-24-16)18(23)22-8-6-21(7-9-22)17-11-15(12-19)4-5-20-17/h4-5,11,14,16H,2-3,6-10,13H2,1H3/t14-,16+/m1/s1. The van der Waals surface area contributed by atoms with Crippen LogP contribution < -0.4 is 4.90 Å². The number of hydrogen-bond donors (Lipinski definition) is 0. The number of pyridine rings is 1. The van der Waals surface area contributed by atoms with E-state index in [2.05, 4.69) is 16.0 Å². The van der Waals surface area contributed by atoms with Crippen LogP contribution in [0.5, 0.6) is 0 Å². The molecule has 2 aliphatic rings. The number of amides is 1. The third-order valence-electron chi connectivity index (χ3n) is 4.69. The fraction of sp³-hybridized carbons (Fsp3) is 0.611. The van der Waals surface area contributed by atoms with E-state index in [9.17, 15) is 4.79 Å². The molecule has 2 saturated heterocycles. The Bertz CT molecular complexity index is 631. The van der Waals surface area contributed by atoms with E-state index in [0.29, 0.717) is 38.3 Å². The summed E-state index contributed by atoms with van der Waals surface area (Å²) < 4.78 is 11.2. The van der Waals surface area contributed by atoms with E-state index in [1.807, 2.05) is 11.8 Å². The lowest BCUT2D eigenvalue weighted by atomic mass is 10.2. The number of carbonyl (C=O) groups excluding carboxylic acids is 1. The molecule has 2 atom stereocenters. The topological polar surface area (TPSA) is 78.7 Å². The SMILES string of the molecule is C[C@@H](OC[C@@H]1CCCO1)C(=O)N1CCN(c2cc(C#N)ccn2)CC1. The van der Waals surface area contributed by atoms with Gasteiger partial charge >= 0.3 is 0 Å². The van der Waals surface area contributed by atoms with Crippen molar-refractivity contribution in [1.82, 2.24) is 9.88 Å². The minimum atomic E-state index is -0.448. The van der Waals surface area contributed by atoms with E-state index in [-0.39, 0.29) is 12.0 Å². The van der Waals surface area contributed by atoms with Gasteiger partial charge in [0.2, 0.25) is 0 Å². The summed E-state index contributed by atoms with van der Waals surface area (Å²) >= 11 is 0. The number of anilines is 1. The molecular formula is C18H24N4O3. The molecule has 1 amide bonds. The maximum atomic E-state index is 12.5. The van der Waals surface area contributed by atoms with Crippen LogP contribution in [-0.4, -0.2) is 67.4 Å². The van der Waals surface area contributed by atoms with Crippen LogP contribution in [0.4, 0.5) is 5.82 Å². The number of rotatable bonds is 5. The second-order valence-electron chi connectivity index (χ2n) is 6.44. The van der Waals surface area contributed by atoms with Gasteiger partial charge in [-0.25, -0.2) is 4.98 Å². The van der Waals surface area contributed by atoms with Crippen molar-refractivity contribution in [1.29, 1.82) is 5.26 Å². The van der Waals surface area contributed by atoms with Crippen molar-refractivity contribution in [3.63, 3.8) is 0 Å². The van der Waals surface area contributed by atoms with E-state index in [4.69, 9.17) is 14.7 Å². The summed E-state index contributed by atoms with van der Waals surface area (Å²) in [7, 11) is 0. The van der Waals surface area contributed by atoms with Gasteiger partial charge in [-0.3, -0.25) is 4.79 Å². The maximum absolute atomic E-state index is 12.5. The second kappa shape index (κ2) is 8.28. The Kier molecular flexibility index (Phi) is 5.84. The molecule has 2 aliphatic heterocycles. The van der Waals surface area contributed by atoms with Crippen molar-refractivity contribution in [3.05, 3.63) is 23.9 Å². The first-order valence-corrected chi connectivity index (χ1v) is 8.80. The molecule has 7 nitrogen and oxygen atoms in total. The van der Waals surface area contributed by atoms with E-state index in [1.165, 1.54) is 0 Å². The van der Waals surface area contributed by atoms with Gasteiger partial charge in [0.1, 0.15) is 11.9 Å². The molecule has 3 rings (SSSR count). The molecule has 0 saturated carbocycles. The predicted molar refractivity (Wildman–Crippen MR) is 92.1 cm³/mol. The summed E-state index contributed by atoms with van der Waals surface area (Å²) in [6, 6.07) is 5.60. The van der Waals surface area contributed by atoms with Gasteiger partial charge in [0.05, 0.1) is 24.3 Å². The van der Waals surface area contributed by atoms with Gasteiger partial charge in [-0.2, -0.15) is 5.26 Å². The summed E-state index contributed by atoms with van der Waals surface area (Å²) in [6.07, 6.45) is 3.40. The van der Waals surface area contributed by atoms with E-state index in [1.54, 1.807) is 18.3 Å². The highest BCUT2D eigenvalue weighted by Gasteiger charge is 2.27. The highest BCUT2D eigenvalue weighted by atomic mass is 16.5. The number of piperazine rings is 1. The molecule has 1 aromatic rings. The van der Waals surface area contributed by atoms with E-state index in [0.717, 1.165) is 25.3 Å². The van der Waals surface area contributed by atoms with Gasteiger partial charge in [-0.05, 0) is 31.9 Å². The largest absolute Gasteiger partial charge is 0.376 e. The molecule has 3 heterocycles. The van der Waals surface area contributed by atoms with Gasteiger partial charge in [0.15, 0.2) is 0 Å². The molecule has 0 spiro atoms. The summed E-state index contributed by atoms with van der Waals surface area (Å²) in [6.45, 7) is 5.74. The average Bonchev–Trinajstić information content (AvgIpc) is 3.19. The first-order chi connectivity index (χ1) is 12.2. The molecule has 7 heteroatoms. The number of aromatic nitrogens is 1. The fourth-order valence-corrected chi connectivity index (χ4v) is 3.17. The van der Waals surface area contributed by atoms with Crippen LogP contribution in [0.2, 0.25) is 0 Å². The summed E-state index contributed by atoms with van der Waals surface area (Å²) in [4.78, 5) is 20.8. The van der Waals surface area contributed by atoms with E-state index >= 15 is 0 Å². The highest BCUT2D eigenvalue weighted by Crippen LogP contribution is 2.16. The molecule has 0 bridgehead atoms. The molecule has 0 aliphatic carbocycles. The van der Waals surface area contributed by atoms with Crippen LogP contribution in [0.3, 0.4) is 0 Å². The first kappa shape index (κ1) is 17.6. The zero-order valence-corrected chi connectivity index (χ0v) is 14.6. The lowest BCUT2D eigenvalue weighted by Gasteiger charge is -2.36. The minimum Gasteiger partial charge on any atom is -0.376 e. The molecule has 1 aromatic heterocycles. The Morgan fingerprint density at radius 3 is 2.96 bits per heavy atom. The Hall–Kier alpha value is -2.17. The minimum absolute atomic E-state index is 0.0244. The normalized spacial score (nSPS) is 21.8. The van der Waals surface area contributed by atoms with Gasteiger partial charge in [0, 0.05) is 39.0 Å². The van der Waals surface area contributed by atoms with Crippen LogP contribution >= 0.6 is 0 Å². The third kappa shape index (κ3) is 4.47. The van der Waals surface area contributed by atoms with Crippen LogP contribution in [0.1, 0.15) is 25.3 Å². The molecule has 0 radical (unpaired) electrons. The van der Waals surface area contributed by atoms with Crippen LogP contribution in [0, 0.1) is 11.3 Å². The number of hydrogen-bond acceptors (Lipinski definition) is 6. The first-order valence-electron chi connectivity index (χ1n) is 8.80. The van der Waals surface area contributed by atoms with Crippen LogP contribution in [-0.2, 0) is 14.3 Å². The number of nitriles is 1. The van der Waals surface area contributed by atoms with Crippen molar-refractivity contribution in [2.45, 2.75) is 32.0 Å². The molecule has 0 N–H and O–H groups in total. The van der Waals surface area contributed by atoms with Gasteiger partial charge in [0.25, 0.3) is 5.91 Å². The Morgan fingerprint density at radius 1 is 1.48 bits per heavy atom. The quantitative estimate of drug-likeness (QED) is 0.798. The summed E-state index contributed by atoms with van der Waals surface area (Å²) in [5.41, 5.74) is 0.597. The molecule has 134 valence electrons. The molecule has 2 fully saturated rings. The molecule has 25 heavy (non-hydrogen) atoms. The van der Waals surface area contributed by atoms with Gasteiger partial charge in [-0.1, -0.05) is 0 Å². The van der Waals surface area contributed by atoms with Crippen molar-refractivity contribution in [2.24, 2.45) is 0 Å². The van der Waals surface area contributed by atoms with Crippen molar-refractivity contribution in [2.75, 3.05) is 44.3 Å². The predicted octanol–water partition coefficient (Wildman–Crippen LogP) is 1.19. The van der Waals surface area contributed by atoms with E-state index < -0.39 is 6.10 Å². The Morgan fingerprint density at radius 2 is 2.28 bits per heavy atom. The molecule has 0 aromatic carbocycles. The average molecular weight is 344 g/mol. The number of nitrogens with zero attached hydrogens (tertiary/aromatic N) is 4. The Labute approximate surface area is 148 Å². The monoisotopic (exact) mass is 344 g/mol. The van der Waals surface area contributed by atoms with Gasteiger partial charge < -0.3 is 19.3 Å². The number of ether oxygens (including phenoxy) is 2. The fourth-order valence-electron chi connectivity index (χ4n) is 3.17. The van der Waals surface area contributed by atoms with Crippen molar-refractivity contribution < 1.29 is 14.3 Å². The molecular weight excluding hydrogens is 320 g/mol. The number of carbonyl (C=O) groups is 1. The highest BCUT2D eigenvalue weighted by molar-refractivity contribution is 5.80. The van der Waals surface area contributed by atoms with Crippen molar-refractivity contribution in [3.8, 4) is 6.07 Å². The third-order valence-corrected chi connectivity index (χ3v) is 4.69. The van der Waals surface area contributed by atoms with Crippen LogP contribution in [0.25, 0.3) is 0 Å². The summed E-state index contributed by atoms with van der Waals surface area (Å²) in [5, 5.41) is 8.99. The van der Waals surface area contributed by atoms with Gasteiger partial charge in [-0.15, -0.1) is 0 Å². The molecule has 0 unspecified atom stereocenters. The lowest BCUT2D eigenvalue weighted by molar-refractivity contribution is -0.144. The lowest BCUT2D eigenvalue weighted by Crippen LogP contribution is -2.51. The van der Waals surface area contributed by atoms with Crippen LogP contribution in [0.15, 0.2) is 18.3 Å². The zero-order valence-electron chi connectivity index (χ0n) is 14.6. The maximum Gasteiger partial charge on any atom is 0.251 e. The Balaban J connectivity index is 1.47. The zero-order chi connectivity index (χ0) is 17.6. The summed E-state index contributed by atoms with van der Waals surface area (Å²) in [5.74, 6) is 0.810.